The van der Waals surface area contributed by atoms with Crippen molar-refractivity contribution in [2.45, 2.75) is 13.1 Å². The van der Waals surface area contributed by atoms with E-state index in [1.807, 2.05) is 30.3 Å². The second-order valence-electron chi connectivity index (χ2n) is 8.53. The number of pyridine rings is 1. The van der Waals surface area contributed by atoms with E-state index in [0.29, 0.717) is 41.1 Å². The number of benzene rings is 3. The number of rotatable bonds is 7. The number of aromatic nitrogens is 3. The molecule has 0 radical (unpaired) electrons. The SMILES string of the molecule is Nc1ccccc1NC(=O)c1ccc(Cn2c(=O)[nH]c3cc(CNC(=O)c4cccnc4)ccc32)cc1. The summed E-state index contributed by atoms with van der Waals surface area (Å²) in [6, 6.07) is 23.1. The van der Waals surface area contributed by atoms with E-state index in [2.05, 4.69) is 20.6 Å². The fourth-order valence-corrected chi connectivity index (χ4v) is 4.01. The number of anilines is 2. The predicted molar refractivity (Wildman–Crippen MR) is 142 cm³/mol. The van der Waals surface area contributed by atoms with Crippen LogP contribution in [0.15, 0.2) is 96.1 Å². The number of hydrogen-bond acceptors (Lipinski definition) is 5. The van der Waals surface area contributed by atoms with Crippen LogP contribution in [0, 0.1) is 0 Å². The minimum Gasteiger partial charge on any atom is -0.397 e. The van der Waals surface area contributed by atoms with E-state index in [1.54, 1.807) is 59.3 Å². The van der Waals surface area contributed by atoms with Crippen LogP contribution < -0.4 is 22.1 Å². The summed E-state index contributed by atoms with van der Waals surface area (Å²) in [7, 11) is 0. The molecule has 0 aliphatic carbocycles. The normalized spacial score (nSPS) is 10.8. The monoisotopic (exact) mass is 492 g/mol. The lowest BCUT2D eigenvalue weighted by Gasteiger charge is -2.09. The maximum Gasteiger partial charge on any atom is 0.326 e. The van der Waals surface area contributed by atoms with Gasteiger partial charge < -0.3 is 21.4 Å². The molecule has 0 atom stereocenters. The number of nitrogens with one attached hydrogen (secondary N) is 3. The van der Waals surface area contributed by atoms with Gasteiger partial charge in [0.1, 0.15) is 0 Å². The van der Waals surface area contributed by atoms with Gasteiger partial charge in [0.05, 0.1) is 34.5 Å². The molecule has 0 unspecified atom stereocenters. The molecule has 0 fully saturated rings. The first-order chi connectivity index (χ1) is 18.0. The fourth-order valence-electron chi connectivity index (χ4n) is 4.01. The van der Waals surface area contributed by atoms with Crippen LogP contribution in [0.25, 0.3) is 11.0 Å². The van der Waals surface area contributed by atoms with E-state index >= 15 is 0 Å². The van der Waals surface area contributed by atoms with Gasteiger partial charge >= 0.3 is 5.69 Å². The molecule has 2 heterocycles. The molecule has 0 aliphatic heterocycles. The third-order valence-electron chi connectivity index (χ3n) is 5.98. The lowest BCUT2D eigenvalue weighted by Crippen LogP contribution is -2.22. The largest absolute Gasteiger partial charge is 0.397 e. The van der Waals surface area contributed by atoms with E-state index in [9.17, 15) is 14.4 Å². The molecular weight excluding hydrogens is 468 g/mol. The van der Waals surface area contributed by atoms with Gasteiger partial charge in [0.25, 0.3) is 11.8 Å². The second kappa shape index (κ2) is 10.2. The van der Waals surface area contributed by atoms with Crippen LogP contribution in [0.5, 0.6) is 0 Å². The third kappa shape index (κ3) is 5.25. The highest BCUT2D eigenvalue weighted by molar-refractivity contribution is 6.05. The minimum atomic E-state index is -0.267. The van der Waals surface area contributed by atoms with Gasteiger partial charge in [0.2, 0.25) is 0 Å². The van der Waals surface area contributed by atoms with Crippen LogP contribution in [0.4, 0.5) is 11.4 Å². The Balaban J connectivity index is 1.27. The Morgan fingerprint density at radius 3 is 2.43 bits per heavy atom. The van der Waals surface area contributed by atoms with Crippen molar-refractivity contribution in [2.24, 2.45) is 0 Å². The van der Waals surface area contributed by atoms with Crippen molar-refractivity contribution in [3.63, 3.8) is 0 Å². The fraction of sp³-hybridized carbons (Fsp3) is 0.0714. The Hall–Kier alpha value is -5.18. The van der Waals surface area contributed by atoms with Crippen molar-refractivity contribution in [1.82, 2.24) is 19.9 Å². The molecule has 9 nitrogen and oxygen atoms in total. The van der Waals surface area contributed by atoms with Crippen molar-refractivity contribution in [3.05, 3.63) is 124 Å². The van der Waals surface area contributed by atoms with E-state index in [-0.39, 0.29) is 17.5 Å². The van der Waals surface area contributed by atoms with Crippen LogP contribution in [0.1, 0.15) is 31.8 Å². The first-order valence-electron chi connectivity index (χ1n) is 11.6. The standard InChI is InChI=1S/C28H24N6O3/c29-22-5-1-2-6-23(22)32-27(36)20-10-7-18(8-11-20)17-34-25-12-9-19(14-24(25)33-28(34)37)15-31-26(35)21-4-3-13-30-16-21/h1-14,16H,15,17,29H2,(H,31,35)(H,32,36)(H,33,37). The molecule has 5 rings (SSSR count). The van der Waals surface area contributed by atoms with Crippen molar-refractivity contribution in [2.75, 3.05) is 11.1 Å². The third-order valence-corrected chi connectivity index (χ3v) is 5.98. The zero-order chi connectivity index (χ0) is 25.8. The molecule has 37 heavy (non-hydrogen) atoms. The number of nitrogens with two attached hydrogens (primary N) is 1. The summed E-state index contributed by atoms with van der Waals surface area (Å²) in [6.07, 6.45) is 3.12. The number of H-pyrrole nitrogens is 1. The number of imidazole rings is 1. The summed E-state index contributed by atoms with van der Waals surface area (Å²) in [5.74, 6) is -0.486. The zero-order valence-corrected chi connectivity index (χ0v) is 19.8. The Bertz CT molecular complexity index is 1640. The summed E-state index contributed by atoms with van der Waals surface area (Å²) in [4.78, 5) is 44.3. The van der Waals surface area contributed by atoms with Gasteiger partial charge in [-0.15, -0.1) is 0 Å². The smallest absolute Gasteiger partial charge is 0.326 e. The highest BCUT2D eigenvalue weighted by Crippen LogP contribution is 2.19. The first-order valence-corrected chi connectivity index (χ1v) is 11.6. The molecule has 3 aromatic carbocycles. The molecule has 0 bridgehead atoms. The second-order valence-corrected chi connectivity index (χ2v) is 8.53. The summed E-state index contributed by atoms with van der Waals surface area (Å²) < 4.78 is 1.63. The number of nitrogens with zero attached hydrogens (tertiary/aromatic N) is 2. The zero-order valence-electron chi connectivity index (χ0n) is 19.8. The maximum atomic E-state index is 12.7. The van der Waals surface area contributed by atoms with E-state index in [4.69, 9.17) is 5.73 Å². The van der Waals surface area contributed by atoms with E-state index in [0.717, 1.165) is 16.6 Å². The molecule has 9 heteroatoms. The molecule has 0 spiro atoms. The number of carbonyl (C=O) groups excluding carboxylic acids is 2. The molecular formula is C28H24N6O3. The van der Waals surface area contributed by atoms with Gasteiger partial charge in [0, 0.05) is 24.5 Å². The molecule has 2 amide bonds. The maximum absolute atomic E-state index is 12.7. The lowest BCUT2D eigenvalue weighted by atomic mass is 10.1. The summed E-state index contributed by atoms with van der Waals surface area (Å²) >= 11 is 0. The molecule has 2 aromatic heterocycles. The lowest BCUT2D eigenvalue weighted by molar-refractivity contribution is 0.0949. The van der Waals surface area contributed by atoms with Crippen molar-refractivity contribution < 1.29 is 9.59 Å². The number of aromatic amines is 1. The van der Waals surface area contributed by atoms with Gasteiger partial charge in [-0.05, 0) is 59.7 Å². The number of para-hydroxylation sites is 2. The average molecular weight is 493 g/mol. The molecule has 5 aromatic rings. The topological polar surface area (TPSA) is 135 Å². The summed E-state index contributed by atoms with van der Waals surface area (Å²) in [5, 5.41) is 5.66. The van der Waals surface area contributed by atoms with Crippen LogP contribution in [0.3, 0.4) is 0 Å². The summed E-state index contributed by atoms with van der Waals surface area (Å²) in [6.45, 7) is 0.651. The van der Waals surface area contributed by atoms with Crippen LogP contribution >= 0.6 is 0 Å². The first kappa shape index (κ1) is 23.6. The van der Waals surface area contributed by atoms with Gasteiger partial charge in [-0.1, -0.05) is 30.3 Å². The Morgan fingerprint density at radius 1 is 0.892 bits per heavy atom. The van der Waals surface area contributed by atoms with Crippen LogP contribution in [0.2, 0.25) is 0 Å². The number of hydrogen-bond donors (Lipinski definition) is 4. The quantitative estimate of drug-likeness (QED) is 0.258. The van der Waals surface area contributed by atoms with Gasteiger partial charge in [-0.2, -0.15) is 0 Å². The minimum absolute atomic E-state index is 0.219. The highest BCUT2D eigenvalue weighted by Gasteiger charge is 2.11. The van der Waals surface area contributed by atoms with Gasteiger partial charge in [0.15, 0.2) is 0 Å². The van der Waals surface area contributed by atoms with Crippen LogP contribution in [-0.2, 0) is 13.1 Å². The van der Waals surface area contributed by atoms with E-state index in [1.165, 1.54) is 6.20 Å². The van der Waals surface area contributed by atoms with Gasteiger partial charge in [-0.3, -0.25) is 19.1 Å². The molecule has 0 aliphatic rings. The molecule has 184 valence electrons. The Labute approximate surface area is 212 Å². The predicted octanol–water partition coefficient (Wildman–Crippen LogP) is 3.54. The van der Waals surface area contributed by atoms with Crippen molar-refractivity contribution in [3.8, 4) is 0 Å². The Kier molecular flexibility index (Phi) is 6.50. The molecule has 0 saturated heterocycles. The Morgan fingerprint density at radius 2 is 1.68 bits per heavy atom. The van der Waals surface area contributed by atoms with Crippen LogP contribution in [-0.4, -0.2) is 26.3 Å². The summed E-state index contributed by atoms with van der Waals surface area (Å²) in [5.41, 5.74) is 10.8. The molecule has 0 saturated carbocycles. The van der Waals surface area contributed by atoms with Crippen molar-refractivity contribution in [1.29, 1.82) is 0 Å². The van der Waals surface area contributed by atoms with Crippen molar-refractivity contribution >= 4 is 34.2 Å². The average Bonchev–Trinajstić information content (AvgIpc) is 3.23. The van der Waals surface area contributed by atoms with E-state index < -0.39 is 0 Å². The highest BCUT2D eigenvalue weighted by atomic mass is 16.2. The number of fused-ring (bicyclic) bond motifs is 1. The van der Waals surface area contributed by atoms with Gasteiger partial charge in [-0.25, -0.2) is 4.79 Å². The number of amides is 2. The molecule has 5 N–H and O–H groups in total. The number of nitrogen functional groups attached to an aromatic ring is 1. The number of carbonyl (C=O) groups is 2.